The van der Waals surface area contributed by atoms with Crippen LogP contribution in [0, 0.1) is 6.92 Å². The lowest BCUT2D eigenvalue weighted by Gasteiger charge is -2.11. The lowest BCUT2D eigenvalue weighted by Crippen LogP contribution is -2.15. The number of anilines is 1. The summed E-state index contributed by atoms with van der Waals surface area (Å²) in [4.78, 5) is 15.1. The van der Waals surface area contributed by atoms with E-state index in [1.165, 1.54) is 0 Å². The average Bonchev–Trinajstić information content (AvgIpc) is 2.66. The molecule has 0 aliphatic carbocycles. The van der Waals surface area contributed by atoms with Crippen LogP contribution in [0.3, 0.4) is 0 Å². The van der Waals surface area contributed by atoms with Crippen LogP contribution in [0.2, 0.25) is 0 Å². The van der Waals surface area contributed by atoms with Crippen molar-refractivity contribution < 1.29 is 4.74 Å². The summed E-state index contributed by atoms with van der Waals surface area (Å²) in [5.74, 6) is 1.09. The van der Waals surface area contributed by atoms with Crippen molar-refractivity contribution in [3.05, 3.63) is 58.1 Å². The molecule has 3 rings (SSSR count). The molecule has 0 fully saturated rings. The molecule has 134 valence electrons. The average molecular weight is 351 g/mol. The lowest BCUT2D eigenvalue weighted by atomic mass is 10.0. The second kappa shape index (κ2) is 8.24. The van der Waals surface area contributed by atoms with Gasteiger partial charge in [0.2, 0.25) is 0 Å². The number of hydrogen-bond acceptors (Lipinski definition) is 6. The van der Waals surface area contributed by atoms with E-state index in [0.717, 1.165) is 34.9 Å². The standard InChI is InChI=1S/C19H21N5O2/c1-3-4-11-26-17-10-9-14-7-5-6-8-15(14)16(17)12-20-23-18-13(2)22-24-19(25)21-18/h5-10,12H,3-4,11H2,1-2H3,(H2,21,23,24,25)/b20-12-. The molecule has 7 nitrogen and oxygen atoms in total. The van der Waals surface area contributed by atoms with Crippen molar-refractivity contribution in [1.29, 1.82) is 0 Å². The predicted molar refractivity (Wildman–Crippen MR) is 103 cm³/mol. The molecule has 0 amide bonds. The van der Waals surface area contributed by atoms with Crippen molar-refractivity contribution in [2.45, 2.75) is 26.7 Å². The maximum atomic E-state index is 11.3. The van der Waals surface area contributed by atoms with Crippen molar-refractivity contribution >= 4 is 22.8 Å². The molecule has 0 atom stereocenters. The number of ether oxygens (including phenoxy) is 1. The first-order valence-corrected chi connectivity index (χ1v) is 8.56. The summed E-state index contributed by atoms with van der Waals surface area (Å²) in [5.41, 5.74) is 3.69. The third-order valence-corrected chi connectivity index (χ3v) is 3.93. The predicted octanol–water partition coefficient (Wildman–Crippen LogP) is 3.25. The van der Waals surface area contributed by atoms with Crippen LogP contribution < -0.4 is 15.9 Å². The number of fused-ring (bicyclic) bond motifs is 1. The first-order valence-electron chi connectivity index (χ1n) is 8.56. The highest BCUT2D eigenvalue weighted by Crippen LogP contribution is 2.27. The molecule has 26 heavy (non-hydrogen) atoms. The SMILES string of the molecule is CCCCOc1ccc2ccccc2c1/C=N\Nc1nc(=O)[nH]nc1C. The van der Waals surface area contributed by atoms with Crippen molar-refractivity contribution in [3.8, 4) is 5.75 Å². The Labute approximate surface area is 151 Å². The molecule has 1 aromatic heterocycles. The third kappa shape index (κ3) is 4.05. The number of benzene rings is 2. The number of hydrogen-bond donors (Lipinski definition) is 2. The molecule has 1 heterocycles. The fourth-order valence-electron chi connectivity index (χ4n) is 2.52. The van der Waals surface area contributed by atoms with E-state index in [1.807, 2.05) is 36.4 Å². The summed E-state index contributed by atoms with van der Waals surface area (Å²) in [6.45, 7) is 4.51. The van der Waals surface area contributed by atoms with Crippen LogP contribution in [0.4, 0.5) is 5.82 Å². The van der Waals surface area contributed by atoms with E-state index in [0.29, 0.717) is 18.1 Å². The van der Waals surface area contributed by atoms with Gasteiger partial charge in [0, 0.05) is 5.56 Å². The topological polar surface area (TPSA) is 92.3 Å². The first kappa shape index (κ1) is 17.6. The van der Waals surface area contributed by atoms with Crippen LogP contribution in [-0.4, -0.2) is 28.0 Å². The van der Waals surface area contributed by atoms with Crippen LogP contribution in [0.25, 0.3) is 10.8 Å². The van der Waals surface area contributed by atoms with Crippen LogP contribution >= 0.6 is 0 Å². The Morgan fingerprint density at radius 2 is 2.12 bits per heavy atom. The number of aromatic nitrogens is 3. The molecule has 3 aromatic rings. The van der Waals surface area contributed by atoms with Gasteiger partial charge in [-0.05, 0) is 30.2 Å². The van der Waals surface area contributed by atoms with Gasteiger partial charge in [0.25, 0.3) is 0 Å². The van der Waals surface area contributed by atoms with E-state index < -0.39 is 5.69 Å². The number of rotatable bonds is 7. The Bertz CT molecular complexity index is 981. The zero-order chi connectivity index (χ0) is 18.4. The minimum atomic E-state index is -0.526. The molecule has 0 aliphatic heterocycles. The van der Waals surface area contributed by atoms with Crippen molar-refractivity contribution in [1.82, 2.24) is 15.2 Å². The molecule has 2 N–H and O–H groups in total. The minimum absolute atomic E-state index is 0.318. The second-order valence-electron chi connectivity index (χ2n) is 5.85. The lowest BCUT2D eigenvalue weighted by molar-refractivity contribution is 0.309. The molecule has 2 aromatic carbocycles. The molecular formula is C19H21N5O2. The van der Waals surface area contributed by atoms with Gasteiger partial charge >= 0.3 is 5.69 Å². The summed E-state index contributed by atoms with van der Waals surface area (Å²) < 4.78 is 5.93. The largest absolute Gasteiger partial charge is 0.493 e. The summed E-state index contributed by atoms with van der Waals surface area (Å²) in [7, 11) is 0. The highest BCUT2D eigenvalue weighted by Gasteiger charge is 2.07. The monoisotopic (exact) mass is 351 g/mol. The fraction of sp³-hybridized carbons (Fsp3) is 0.263. The van der Waals surface area contributed by atoms with E-state index >= 15 is 0 Å². The van der Waals surface area contributed by atoms with Gasteiger partial charge in [-0.3, -0.25) is 5.43 Å². The van der Waals surface area contributed by atoms with Crippen molar-refractivity contribution in [2.24, 2.45) is 5.10 Å². The van der Waals surface area contributed by atoms with Gasteiger partial charge < -0.3 is 4.74 Å². The number of H-pyrrole nitrogens is 1. The smallest absolute Gasteiger partial charge is 0.363 e. The first-order chi connectivity index (χ1) is 12.7. The van der Waals surface area contributed by atoms with Gasteiger partial charge in [-0.1, -0.05) is 43.7 Å². The maximum absolute atomic E-state index is 11.3. The Kier molecular flexibility index (Phi) is 5.58. The summed E-state index contributed by atoms with van der Waals surface area (Å²) in [5, 5.41) is 12.5. The van der Waals surface area contributed by atoms with Gasteiger partial charge in [0.05, 0.1) is 12.8 Å². The zero-order valence-corrected chi connectivity index (χ0v) is 14.8. The van der Waals surface area contributed by atoms with E-state index in [4.69, 9.17) is 4.74 Å². The Balaban J connectivity index is 1.92. The number of hydrazone groups is 1. The Morgan fingerprint density at radius 3 is 2.96 bits per heavy atom. The Hall–Kier alpha value is -3.22. The van der Waals surface area contributed by atoms with Crippen molar-refractivity contribution in [3.63, 3.8) is 0 Å². The normalized spacial score (nSPS) is 11.2. The van der Waals surface area contributed by atoms with E-state index in [1.54, 1.807) is 13.1 Å². The fourth-order valence-corrected chi connectivity index (χ4v) is 2.52. The molecular weight excluding hydrogens is 330 g/mol. The molecule has 0 saturated heterocycles. The van der Waals surface area contributed by atoms with Gasteiger partial charge in [0.1, 0.15) is 11.4 Å². The maximum Gasteiger partial charge on any atom is 0.363 e. The quantitative estimate of drug-likeness (QED) is 0.387. The molecule has 0 saturated carbocycles. The molecule has 0 spiro atoms. The third-order valence-electron chi connectivity index (χ3n) is 3.93. The summed E-state index contributed by atoms with van der Waals surface area (Å²) in [6.07, 6.45) is 3.74. The summed E-state index contributed by atoms with van der Waals surface area (Å²) >= 11 is 0. The molecule has 0 unspecified atom stereocenters. The van der Waals surface area contributed by atoms with Gasteiger partial charge in [0.15, 0.2) is 5.82 Å². The highest BCUT2D eigenvalue weighted by atomic mass is 16.5. The van der Waals surface area contributed by atoms with Gasteiger partial charge in [-0.25, -0.2) is 9.89 Å². The van der Waals surface area contributed by atoms with E-state index in [-0.39, 0.29) is 0 Å². The van der Waals surface area contributed by atoms with E-state index in [9.17, 15) is 4.79 Å². The minimum Gasteiger partial charge on any atom is -0.493 e. The molecule has 0 aliphatic rings. The van der Waals surface area contributed by atoms with Gasteiger partial charge in [-0.2, -0.15) is 15.2 Å². The molecule has 0 bridgehead atoms. The number of aryl methyl sites for hydroxylation is 1. The highest BCUT2D eigenvalue weighted by molar-refractivity contribution is 6.02. The van der Waals surface area contributed by atoms with Crippen LogP contribution in [-0.2, 0) is 0 Å². The van der Waals surface area contributed by atoms with Crippen LogP contribution in [0.5, 0.6) is 5.75 Å². The molecule has 0 radical (unpaired) electrons. The molecule has 7 heteroatoms. The van der Waals surface area contributed by atoms with Gasteiger partial charge in [-0.15, -0.1) is 0 Å². The van der Waals surface area contributed by atoms with Crippen molar-refractivity contribution in [2.75, 3.05) is 12.0 Å². The van der Waals surface area contributed by atoms with Crippen LogP contribution in [0.1, 0.15) is 31.0 Å². The Morgan fingerprint density at radius 1 is 1.27 bits per heavy atom. The van der Waals surface area contributed by atoms with Crippen LogP contribution in [0.15, 0.2) is 46.3 Å². The number of nitrogens with one attached hydrogen (secondary N) is 2. The number of nitrogens with zero attached hydrogens (tertiary/aromatic N) is 3. The zero-order valence-electron chi connectivity index (χ0n) is 14.8. The second-order valence-corrected chi connectivity index (χ2v) is 5.85. The number of unbranched alkanes of at least 4 members (excludes halogenated alkanes) is 1. The van der Waals surface area contributed by atoms with E-state index in [2.05, 4.69) is 32.6 Å². The summed E-state index contributed by atoms with van der Waals surface area (Å²) in [6, 6.07) is 12.0. The number of aromatic amines is 1.